The molecule has 1 atom stereocenters. The molecule has 1 aliphatic heterocycles. The number of rotatable bonds is 3. The topological polar surface area (TPSA) is 58.6 Å². The summed E-state index contributed by atoms with van der Waals surface area (Å²) in [6.45, 7) is 2.87. The number of benzene rings is 1. The van der Waals surface area contributed by atoms with E-state index in [9.17, 15) is 9.90 Å². The van der Waals surface area contributed by atoms with E-state index in [1.54, 1.807) is 18.2 Å². The van der Waals surface area contributed by atoms with Crippen molar-refractivity contribution in [1.29, 1.82) is 0 Å². The van der Waals surface area contributed by atoms with Crippen molar-refractivity contribution in [2.24, 2.45) is 5.92 Å². The van der Waals surface area contributed by atoms with Crippen LogP contribution in [0, 0.1) is 5.92 Å². The van der Waals surface area contributed by atoms with Crippen LogP contribution in [0.4, 0.5) is 0 Å². The Hall–Kier alpha value is -1.71. The van der Waals surface area contributed by atoms with Gasteiger partial charge in [0, 0.05) is 13.5 Å². The molecule has 0 radical (unpaired) electrons. The number of carbonyl (C=O) groups is 1. The van der Waals surface area contributed by atoms with E-state index >= 15 is 0 Å². The van der Waals surface area contributed by atoms with Crippen molar-refractivity contribution in [3.63, 3.8) is 0 Å². The summed E-state index contributed by atoms with van der Waals surface area (Å²) in [5.41, 5.74) is 1.05. The van der Waals surface area contributed by atoms with Crippen LogP contribution in [0.1, 0.15) is 18.9 Å². The van der Waals surface area contributed by atoms with Crippen LogP contribution in [0.5, 0.6) is 11.5 Å². The number of phenolic OH excluding ortho intramolecular Hbond substituents is 1. The molecule has 0 saturated carbocycles. The average Bonchev–Trinajstić information content (AvgIpc) is 2.28. The summed E-state index contributed by atoms with van der Waals surface area (Å²) >= 11 is 0. The van der Waals surface area contributed by atoms with Crippen LogP contribution in [0.15, 0.2) is 18.2 Å². The lowest BCUT2D eigenvalue weighted by molar-refractivity contribution is -0.119. The zero-order valence-corrected chi connectivity index (χ0v) is 9.90. The molecule has 17 heavy (non-hydrogen) atoms. The maximum Gasteiger partial charge on any atom is 0.216 e. The molecule has 2 rings (SSSR count). The van der Waals surface area contributed by atoms with Gasteiger partial charge in [-0.05, 0) is 42.5 Å². The number of carbonyl (C=O) groups excluding carboxylic acids is 1. The fourth-order valence-corrected chi connectivity index (χ4v) is 2.08. The first kappa shape index (κ1) is 11.8. The van der Waals surface area contributed by atoms with Gasteiger partial charge in [-0.1, -0.05) is 0 Å². The molecular formula is C13H17NO3. The molecule has 1 amide bonds. The summed E-state index contributed by atoms with van der Waals surface area (Å²) < 4.78 is 5.62. The molecule has 0 bridgehead atoms. The van der Waals surface area contributed by atoms with Crippen molar-refractivity contribution in [2.45, 2.75) is 19.8 Å². The quantitative estimate of drug-likeness (QED) is 0.834. The molecule has 1 aromatic rings. The number of aromatic hydroxyl groups is 1. The minimum atomic E-state index is -0.000211. The van der Waals surface area contributed by atoms with Crippen molar-refractivity contribution >= 4 is 5.91 Å². The van der Waals surface area contributed by atoms with Crippen molar-refractivity contribution in [1.82, 2.24) is 5.32 Å². The molecule has 4 heteroatoms. The minimum absolute atomic E-state index is 0.000211. The summed E-state index contributed by atoms with van der Waals surface area (Å²) in [4.78, 5) is 10.8. The highest BCUT2D eigenvalue weighted by Crippen LogP contribution is 2.31. The van der Waals surface area contributed by atoms with E-state index in [0.717, 1.165) is 24.2 Å². The maximum absolute atomic E-state index is 10.8. The van der Waals surface area contributed by atoms with E-state index in [1.807, 2.05) is 0 Å². The molecular weight excluding hydrogens is 218 g/mol. The minimum Gasteiger partial charge on any atom is -0.508 e. The molecule has 1 aliphatic rings. The Morgan fingerprint density at radius 1 is 1.59 bits per heavy atom. The van der Waals surface area contributed by atoms with Crippen LogP contribution in [-0.4, -0.2) is 24.2 Å². The zero-order chi connectivity index (χ0) is 12.3. The normalized spacial score (nSPS) is 18.1. The predicted octanol–water partition coefficient (Wildman–Crippen LogP) is 1.47. The number of amides is 1. The van der Waals surface area contributed by atoms with Crippen LogP contribution in [0.2, 0.25) is 0 Å². The largest absolute Gasteiger partial charge is 0.508 e. The highest BCUT2D eigenvalue weighted by Gasteiger charge is 2.19. The molecule has 1 heterocycles. The highest BCUT2D eigenvalue weighted by molar-refractivity contribution is 5.72. The number of hydrogen-bond donors (Lipinski definition) is 2. The van der Waals surface area contributed by atoms with Crippen LogP contribution in [0.3, 0.4) is 0 Å². The monoisotopic (exact) mass is 235 g/mol. The van der Waals surface area contributed by atoms with Crippen molar-refractivity contribution < 1.29 is 14.6 Å². The number of hydrogen-bond acceptors (Lipinski definition) is 3. The Morgan fingerprint density at radius 2 is 2.41 bits per heavy atom. The summed E-state index contributed by atoms with van der Waals surface area (Å²) in [7, 11) is 0. The lowest BCUT2D eigenvalue weighted by Crippen LogP contribution is -2.27. The van der Waals surface area contributed by atoms with Gasteiger partial charge in [0.1, 0.15) is 11.5 Å². The Balaban J connectivity index is 1.91. The third kappa shape index (κ3) is 3.12. The molecule has 0 saturated heterocycles. The van der Waals surface area contributed by atoms with Gasteiger partial charge >= 0.3 is 0 Å². The Labute approximate surface area is 101 Å². The van der Waals surface area contributed by atoms with Crippen molar-refractivity contribution in [3.05, 3.63) is 23.8 Å². The number of phenols is 1. The van der Waals surface area contributed by atoms with E-state index in [0.29, 0.717) is 19.1 Å². The first-order chi connectivity index (χ1) is 8.15. The first-order valence-corrected chi connectivity index (χ1v) is 5.84. The van der Waals surface area contributed by atoms with Crippen LogP contribution < -0.4 is 10.1 Å². The second-order valence-electron chi connectivity index (χ2n) is 4.44. The molecule has 0 aliphatic carbocycles. The van der Waals surface area contributed by atoms with Gasteiger partial charge < -0.3 is 15.2 Å². The number of nitrogens with one attached hydrogen (secondary N) is 1. The van der Waals surface area contributed by atoms with Gasteiger partial charge in [-0.25, -0.2) is 0 Å². The number of fused-ring (bicyclic) bond motifs is 1. The fourth-order valence-electron chi connectivity index (χ4n) is 2.08. The molecule has 1 unspecified atom stereocenters. The molecule has 0 fully saturated rings. The van der Waals surface area contributed by atoms with Gasteiger partial charge in [-0.15, -0.1) is 0 Å². The molecule has 4 nitrogen and oxygen atoms in total. The standard InChI is InChI=1S/C13H17NO3/c1-9(15)14-5-4-10-6-11-7-12(16)2-3-13(11)17-8-10/h2-3,7,10,16H,4-6,8H2,1H3,(H,14,15). The predicted molar refractivity (Wildman–Crippen MR) is 64.1 cm³/mol. The highest BCUT2D eigenvalue weighted by atomic mass is 16.5. The van der Waals surface area contributed by atoms with Crippen molar-refractivity contribution in [2.75, 3.05) is 13.2 Å². The number of ether oxygens (including phenoxy) is 1. The zero-order valence-electron chi connectivity index (χ0n) is 9.90. The maximum atomic E-state index is 10.8. The second-order valence-corrected chi connectivity index (χ2v) is 4.44. The third-order valence-electron chi connectivity index (χ3n) is 2.95. The van der Waals surface area contributed by atoms with Gasteiger partial charge in [0.15, 0.2) is 0 Å². The average molecular weight is 235 g/mol. The third-order valence-corrected chi connectivity index (χ3v) is 2.95. The van der Waals surface area contributed by atoms with E-state index in [-0.39, 0.29) is 11.7 Å². The molecule has 2 N–H and O–H groups in total. The van der Waals surface area contributed by atoms with E-state index in [1.165, 1.54) is 6.92 Å². The molecule has 0 spiro atoms. The van der Waals surface area contributed by atoms with Gasteiger partial charge in [0.25, 0.3) is 0 Å². The summed E-state index contributed by atoms with van der Waals surface area (Å²) in [5, 5.41) is 12.2. The summed E-state index contributed by atoms with van der Waals surface area (Å²) in [6, 6.07) is 5.19. The lowest BCUT2D eigenvalue weighted by Gasteiger charge is -2.25. The van der Waals surface area contributed by atoms with Crippen LogP contribution in [-0.2, 0) is 11.2 Å². The van der Waals surface area contributed by atoms with Gasteiger partial charge in [0.2, 0.25) is 5.91 Å². The Bertz CT molecular complexity index is 417. The van der Waals surface area contributed by atoms with E-state index in [2.05, 4.69) is 5.32 Å². The molecule has 0 aromatic heterocycles. The lowest BCUT2D eigenvalue weighted by atomic mass is 9.94. The summed E-state index contributed by atoms with van der Waals surface area (Å²) in [5.74, 6) is 1.53. The Kier molecular flexibility index (Phi) is 3.52. The van der Waals surface area contributed by atoms with Gasteiger partial charge in [-0.3, -0.25) is 4.79 Å². The van der Waals surface area contributed by atoms with Crippen molar-refractivity contribution in [3.8, 4) is 11.5 Å². The summed E-state index contributed by atoms with van der Waals surface area (Å²) in [6.07, 6.45) is 1.79. The first-order valence-electron chi connectivity index (χ1n) is 5.84. The second kappa shape index (κ2) is 5.08. The molecule has 92 valence electrons. The van der Waals surface area contributed by atoms with Gasteiger partial charge in [0.05, 0.1) is 6.61 Å². The SMILES string of the molecule is CC(=O)NCCC1COc2ccc(O)cc2C1. The van der Waals surface area contributed by atoms with E-state index in [4.69, 9.17) is 4.74 Å². The van der Waals surface area contributed by atoms with E-state index < -0.39 is 0 Å². The fraction of sp³-hybridized carbons (Fsp3) is 0.462. The molecule has 1 aromatic carbocycles. The smallest absolute Gasteiger partial charge is 0.216 e. The van der Waals surface area contributed by atoms with Crippen LogP contribution >= 0.6 is 0 Å². The van der Waals surface area contributed by atoms with Crippen LogP contribution in [0.25, 0.3) is 0 Å². The van der Waals surface area contributed by atoms with Gasteiger partial charge in [-0.2, -0.15) is 0 Å². The Morgan fingerprint density at radius 3 is 3.18 bits per heavy atom.